The zero-order chi connectivity index (χ0) is 18.8. The molecule has 5 rings (SSSR count). The van der Waals surface area contributed by atoms with Crippen molar-refractivity contribution in [1.82, 2.24) is 9.80 Å². The first kappa shape index (κ1) is 18.6. The molecule has 1 aromatic carbocycles. The second-order valence-electron chi connectivity index (χ2n) is 8.17. The van der Waals surface area contributed by atoms with Gasteiger partial charge in [-0.3, -0.25) is 9.80 Å². The van der Waals surface area contributed by atoms with E-state index in [4.69, 9.17) is 9.47 Å². The maximum Gasteiger partial charge on any atom is 0.119 e. The first-order valence-corrected chi connectivity index (χ1v) is 11.6. The van der Waals surface area contributed by atoms with Crippen molar-refractivity contribution in [2.24, 2.45) is 0 Å². The van der Waals surface area contributed by atoms with Crippen molar-refractivity contribution >= 4 is 11.3 Å². The molecule has 0 radical (unpaired) electrons. The van der Waals surface area contributed by atoms with Crippen LogP contribution in [0.25, 0.3) is 0 Å². The fraction of sp³-hybridized carbons (Fsp3) is 0.565. The smallest absolute Gasteiger partial charge is 0.119 e. The second-order valence-corrected chi connectivity index (χ2v) is 9.15. The van der Waals surface area contributed by atoms with Gasteiger partial charge in [0.1, 0.15) is 5.75 Å². The number of thiophene rings is 1. The molecule has 0 spiro atoms. The molecular weight excluding hydrogens is 368 g/mol. The van der Waals surface area contributed by atoms with Crippen LogP contribution in [0.2, 0.25) is 0 Å². The number of ether oxygens (including phenoxy) is 2. The van der Waals surface area contributed by atoms with Gasteiger partial charge in [-0.25, -0.2) is 0 Å². The third kappa shape index (κ3) is 3.86. The molecule has 4 nitrogen and oxygen atoms in total. The second kappa shape index (κ2) is 8.54. The number of rotatable bonds is 6. The summed E-state index contributed by atoms with van der Waals surface area (Å²) in [6.45, 7) is 8.14. The van der Waals surface area contributed by atoms with Gasteiger partial charge in [0.2, 0.25) is 0 Å². The van der Waals surface area contributed by atoms with E-state index in [2.05, 4.69) is 45.5 Å². The van der Waals surface area contributed by atoms with Crippen LogP contribution in [0.5, 0.6) is 5.75 Å². The van der Waals surface area contributed by atoms with Gasteiger partial charge in [0.05, 0.1) is 19.8 Å². The molecule has 3 aliphatic rings. The highest BCUT2D eigenvalue weighted by atomic mass is 32.1. The molecule has 2 atom stereocenters. The Morgan fingerprint density at radius 3 is 2.89 bits per heavy atom. The van der Waals surface area contributed by atoms with E-state index in [1.807, 2.05) is 11.3 Å². The number of fused-ring (bicyclic) bond motifs is 3. The number of hydrogen-bond donors (Lipinski definition) is 0. The van der Waals surface area contributed by atoms with Crippen LogP contribution in [0, 0.1) is 0 Å². The van der Waals surface area contributed by atoms with E-state index in [0.29, 0.717) is 12.0 Å². The van der Waals surface area contributed by atoms with E-state index in [1.54, 1.807) is 0 Å². The van der Waals surface area contributed by atoms with E-state index in [0.717, 1.165) is 58.2 Å². The average Bonchev–Trinajstić information content (AvgIpc) is 3.43. The van der Waals surface area contributed by atoms with Gasteiger partial charge in [-0.15, -0.1) is 11.3 Å². The molecular formula is C23H30N2O2S. The van der Waals surface area contributed by atoms with Crippen LogP contribution >= 0.6 is 11.3 Å². The van der Waals surface area contributed by atoms with Gasteiger partial charge in [-0.05, 0) is 60.5 Å². The quantitative estimate of drug-likeness (QED) is 0.683. The van der Waals surface area contributed by atoms with E-state index in [-0.39, 0.29) is 0 Å². The Hall–Kier alpha value is -1.40. The van der Waals surface area contributed by atoms with Gasteiger partial charge in [-0.2, -0.15) is 0 Å². The predicted molar refractivity (Wildman–Crippen MR) is 114 cm³/mol. The van der Waals surface area contributed by atoms with Gasteiger partial charge in [-0.1, -0.05) is 12.1 Å². The summed E-state index contributed by atoms with van der Waals surface area (Å²) in [5, 5.41) is 2.21. The highest BCUT2D eigenvalue weighted by Crippen LogP contribution is 2.46. The molecule has 0 saturated carbocycles. The van der Waals surface area contributed by atoms with Crippen molar-refractivity contribution in [2.75, 3.05) is 52.5 Å². The fourth-order valence-corrected chi connectivity index (χ4v) is 5.85. The molecule has 0 aliphatic carbocycles. The third-order valence-corrected chi connectivity index (χ3v) is 7.44. The highest BCUT2D eigenvalue weighted by molar-refractivity contribution is 7.10. The molecule has 0 bridgehead atoms. The van der Waals surface area contributed by atoms with Crippen molar-refractivity contribution in [1.29, 1.82) is 0 Å². The van der Waals surface area contributed by atoms with E-state index in [1.165, 1.54) is 35.4 Å². The Bertz CT molecular complexity index is 773. The highest BCUT2D eigenvalue weighted by Gasteiger charge is 2.37. The van der Waals surface area contributed by atoms with Gasteiger partial charge in [0, 0.05) is 43.0 Å². The van der Waals surface area contributed by atoms with Crippen LogP contribution < -0.4 is 4.74 Å². The van der Waals surface area contributed by atoms with E-state index in [9.17, 15) is 0 Å². The SMILES string of the molecule is c1csc([C@H]2CN3CCC[C@H]3c3cc(OCCCN4CCOCC4)ccc32)c1. The standard InChI is InChI=1S/C23H30N2O2S/c1-4-22-20-16-18(27-12-3-8-24-10-13-26-14-11-24)6-7-19(20)21(17-25(22)9-1)23-5-2-15-28-23/h2,5-7,15-16,21-22H,1,3-4,8-14,17H2/t21-,22-/m0/s1. The topological polar surface area (TPSA) is 24.9 Å². The molecule has 2 aromatic rings. The fourth-order valence-electron chi connectivity index (χ4n) is 5.01. The molecule has 5 heteroatoms. The van der Waals surface area contributed by atoms with Crippen LogP contribution in [0.15, 0.2) is 35.7 Å². The first-order valence-electron chi connectivity index (χ1n) is 10.7. The normalized spacial score (nSPS) is 25.4. The largest absolute Gasteiger partial charge is 0.494 e. The summed E-state index contributed by atoms with van der Waals surface area (Å²) in [5.74, 6) is 1.55. The molecule has 0 amide bonds. The monoisotopic (exact) mass is 398 g/mol. The van der Waals surface area contributed by atoms with Crippen molar-refractivity contribution in [2.45, 2.75) is 31.2 Å². The van der Waals surface area contributed by atoms with Crippen LogP contribution in [0.3, 0.4) is 0 Å². The van der Waals surface area contributed by atoms with Gasteiger partial charge < -0.3 is 9.47 Å². The molecule has 2 fully saturated rings. The Kier molecular flexibility index (Phi) is 5.68. The molecule has 2 saturated heterocycles. The first-order chi connectivity index (χ1) is 13.9. The van der Waals surface area contributed by atoms with E-state index >= 15 is 0 Å². The molecule has 3 aliphatic heterocycles. The lowest BCUT2D eigenvalue weighted by atomic mass is 9.84. The minimum absolute atomic E-state index is 0.514. The summed E-state index contributed by atoms with van der Waals surface area (Å²) < 4.78 is 11.6. The van der Waals surface area contributed by atoms with Crippen molar-refractivity contribution in [3.05, 3.63) is 51.7 Å². The van der Waals surface area contributed by atoms with E-state index < -0.39 is 0 Å². The van der Waals surface area contributed by atoms with Crippen LogP contribution in [0.4, 0.5) is 0 Å². The molecule has 150 valence electrons. The zero-order valence-corrected chi connectivity index (χ0v) is 17.3. The molecule has 28 heavy (non-hydrogen) atoms. The minimum atomic E-state index is 0.514. The predicted octanol–water partition coefficient (Wildman–Crippen LogP) is 4.13. The lowest BCUT2D eigenvalue weighted by Crippen LogP contribution is -2.37. The number of hydrogen-bond acceptors (Lipinski definition) is 5. The average molecular weight is 399 g/mol. The van der Waals surface area contributed by atoms with Gasteiger partial charge in [0.15, 0.2) is 0 Å². The number of nitrogens with zero attached hydrogens (tertiary/aromatic N) is 2. The maximum atomic E-state index is 6.16. The molecule has 0 N–H and O–H groups in total. The Balaban J connectivity index is 1.27. The Morgan fingerprint density at radius 1 is 1.11 bits per heavy atom. The van der Waals surface area contributed by atoms with Crippen LogP contribution in [-0.4, -0.2) is 62.3 Å². The summed E-state index contributed by atoms with van der Waals surface area (Å²) in [5.41, 5.74) is 3.03. The molecule has 4 heterocycles. The molecule has 1 aromatic heterocycles. The Labute approximate surface area is 172 Å². The summed E-state index contributed by atoms with van der Waals surface area (Å²) in [7, 11) is 0. The van der Waals surface area contributed by atoms with Crippen LogP contribution in [0.1, 0.15) is 47.2 Å². The lowest BCUT2D eigenvalue weighted by molar-refractivity contribution is 0.0358. The summed E-state index contributed by atoms with van der Waals surface area (Å²) >= 11 is 1.89. The summed E-state index contributed by atoms with van der Waals surface area (Å²) in [6, 6.07) is 11.9. The van der Waals surface area contributed by atoms with Gasteiger partial charge in [0.25, 0.3) is 0 Å². The lowest BCUT2D eigenvalue weighted by Gasteiger charge is -2.37. The number of morpholine rings is 1. The van der Waals surface area contributed by atoms with Crippen molar-refractivity contribution in [3.8, 4) is 5.75 Å². The Morgan fingerprint density at radius 2 is 2.04 bits per heavy atom. The summed E-state index contributed by atoms with van der Waals surface area (Å²) in [4.78, 5) is 6.65. The van der Waals surface area contributed by atoms with Crippen molar-refractivity contribution < 1.29 is 9.47 Å². The summed E-state index contributed by atoms with van der Waals surface area (Å²) in [6.07, 6.45) is 3.67. The zero-order valence-electron chi connectivity index (χ0n) is 16.5. The maximum absolute atomic E-state index is 6.16. The molecule has 0 unspecified atom stereocenters. The van der Waals surface area contributed by atoms with Crippen molar-refractivity contribution in [3.63, 3.8) is 0 Å². The number of benzene rings is 1. The van der Waals surface area contributed by atoms with Gasteiger partial charge >= 0.3 is 0 Å². The third-order valence-electron chi connectivity index (χ3n) is 6.45. The van der Waals surface area contributed by atoms with Crippen LogP contribution in [-0.2, 0) is 4.74 Å². The minimum Gasteiger partial charge on any atom is -0.494 e.